The number of hydrogen-bond acceptors (Lipinski definition) is 14. The molecule has 0 aliphatic carbocycles. The van der Waals surface area contributed by atoms with Crippen molar-refractivity contribution in [3.63, 3.8) is 0 Å². The summed E-state index contributed by atoms with van der Waals surface area (Å²) in [6.07, 6.45) is -12.0. The fourth-order valence-corrected chi connectivity index (χ4v) is 8.38. The van der Waals surface area contributed by atoms with E-state index >= 15 is 0 Å². The smallest absolute Gasteiger partial charge is 0.311 e. The Labute approximate surface area is 320 Å². The predicted octanol–water partition coefficient (Wildman–Crippen LogP) is 1.90. The summed E-state index contributed by atoms with van der Waals surface area (Å²) in [4.78, 5) is 16.4. The molecule has 0 saturated carbocycles. The number of methoxy groups -OCH3 is 1. The maximum Gasteiger partial charge on any atom is 0.311 e. The first kappa shape index (κ1) is 36.6. The van der Waals surface area contributed by atoms with Crippen molar-refractivity contribution >= 4 is 5.97 Å². The monoisotopic (exact) mass is 755 g/mol. The van der Waals surface area contributed by atoms with Crippen LogP contribution in [0, 0.1) is 17.8 Å². The first-order chi connectivity index (χ1) is 26.3. The molecule has 0 spiro atoms. The Morgan fingerprint density at radius 1 is 1.00 bits per heavy atom. The van der Waals surface area contributed by atoms with Crippen LogP contribution in [0.2, 0.25) is 0 Å². The zero-order valence-electron chi connectivity index (χ0n) is 39.2. The summed E-state index contributed by atoms with van der Waals surface area (Å²) in [7, 11) is 2.81. The van der Waals surface area contributed by atoms with E-state index in [0.717, 1.165) is 9.80 Å². The second-order valence-corrected chi connectivity index (χ2v) is 16.5. The molecule has 0 aromatic heterocycles. The van der Waals surface area contributed by atoms with Crippen LogP contribution in [0.4, 0.5) is 0 Å². The normalized spacial score (nSPS) is 51.8. The Morgan fingerprint density at radius 2 is 1.65 bits per heavy atom. The standard InChI is InChI=1S/C38H72N2O12/c1-15-27-38(10,46)31(42)24(6)40(13)19-20(2)17-36(8,45)33(52-35-29(41)26(39(11)12)16-21(3)48-35)22(4)30(23(5)34(44)50-27)51-28-18-37(9,47-14)32(43)25(7)49-28/h20-33,35,41-43,45-46H,15-19H2,1-14H3/t20-,21-,22+,23-,24-,25+,26+,27-,28+,29-,30?,31-,32+,33-,35+,36-,37-,38-/m1/s1/i11D3,13D3. The maximum absolute atomic E-state index is 14.3. The molecule has 5 N–H and O–H groups in total. The molecule has 0 amide bonds. The molecular weight excluding hydrogens is 676 g/mol. The molecule has 14 heteroatoms. The molecule has 18 atom stereocenters. The van der Waals surface area contributed by atoms with Crippen LogP contribution in [0.15, 0.2) is 0 Å². The van der Waals surface area contributed by atoms with Gasteiger partial charge in [-0.2, -0.15) is 0 Å². The summed E-state index contributed by atoms with van der Waals surface area (Å²) in [5.41, 5.74) is -5.14. The highest BCUT2D eigenvalue weighted by atomic mass is 16.7. The van der Waals surface area contributed by atoms with Gasteiger partial charge in [0.15, 0.2) is 12.6 Å². The minimum Gasteiger partial charge on any atom is -0.459 e. The lowest BCUT2D eigenvalue weighted by atomic mass is 9.77. The van der Waals surface area contributed by atoms with Gasteiger partial charge in [-0.1, -0.05) is 20.8 Å². The van der Waals surface area contributed by atoms with Gasteiger partial charge < -0.3 is 63.8 Å². The van der Waals surface area contributed by atoms with Gasteiger partial charge in [-0.3, -0.25) is 4.79 Å². The van der Waals surface area contributed by atoms with Crippen molar-refractivity contribution in [2.24, 2.45) is 17.8 Å². The lowest BCUT2D eigenvalue weighted by Gasteiger charge is -2.48. The molecule has 306 valence electrons. The van der Waals surface area contributed by atoms with Gasteiger partial charge in [-0.15, -0.1) is 0 Å². The third-order valence-electron chi connectivity index (χ3n) is 11.7. The highest BCUT2D eigenvalue weighted by Crippen LogP contribution is 2.40. The number of hydrogen-bond donors (Lipinski definition) is 5. The summed E-state index contributed by atoms with van der Waals surface area (Å²) in [5.74, 6) is -3.67. The molecule has 0 aromatic carbocycles. The molecule has 3 aliphatic heterocycles. The van der Waals surface area contributed by atoms with Gasteiger partial charge in [0.25, 0.3) is 0 Å². The highest BCUT2D eigenvalue weighted by Gasteiger charge is 2.52. The first-order valence-electron chi connectivity index (χ1n) is 21.7. The molecule has 0 bridgehead atoms. The second kappa shape index (κ2) is 17.8. The Kier molecular flexibility index (Phi) is 12.6. The average molecular weight is 755 g/mol. The van der Waals surface area contributed by atoms with E-state index in [1.54, 1.807) is 41.5 Å². The number of carbonyl (C=O) groups excluding carboxylic acids is 1. The van der Waals surface area contributed by atoms with Crippen LogP contribution in [0.5, 0.6) is 0 Å². The van der Waals surface area contributed by atoms with E-state index < -0.39 is 128 Å². The van der Waals surface area contributed by atoms with Crippen LogP contribution in [0.1, 0.15) is 103 Å². The SMILES string of the molecule is [2H]C([2H])([2H])N(C)[C@H]1C[C@@H](C)O[C@@H](O[C@@H]2[C@@H](C)C(O[C@H]3C[C@@](C)(OC)[C@@H](O)[C@H](C)O3)[C@@H](C)C(=O)O[C@H](CC)[C@@](C)(O)[C@H](O)[C@@H](C)N(C([2H])([2H])[2H])C[C@H](C)C[C@@]2(C)O)[C@@H]1O. The van der Waals surface area contributed by atoms with Gasteiger partial charge in [0, 0.05) is 46.3 Å². The number of likely N-dealkylation sites (N-methyl/N-ethyl adjacent to an activating group) is 2. The Morgan fingerprint density at radius 3 is 2.23 bits per heavy atom. The van der Waals surface area contributed by atoms with Crippen molar-refractivity contribution in [3.8, 4) is 0 Å². The van der Waals surface area contributed by atoms with Crippen molar-refractivity contribution < 1.29 is 67.0 Å². The zero-order chi connectivity index (χ0) is 44.7. The van der Waals surface area contributed by atoms with Gasteiger partial charge in [0.2, 0.25) is 0 Å². The van der Waals surface area contributed by atoms with E-state index in [2.05, 4.69) is 0 Å². The number of cyclic esters (lactones) is 1. The molecule has 3 rings (SSSR count). The molecule has 3 heterocycles. The van der Waals surface area contributed by atoms with Crippen LogP contribution >= 0.6 is 0 Å². The fraction of sp³-hybridized carbons (Fsp3) is 0.974. The third-order valence-corrected chi connectivity index (χ3v) is 11.7. The summed E-state index contributed by atoms with van der Waals surface area (Å²) in [6, 6.07) is -2.14. The van der Waals surface area contributed by atoms with Crippen molar-refractivity contribution in [3.05, 3.63) is 0 Å². The number of nitrogens with zero attached hydrogens (tertiary/aromatic N) is 2. The Hall–Kier alpha value is -1.01. The molecular formula is C38H72N2O12. The number of rotatable bonds is 7. The lowest BCUT2D eigenvalue weighted by molar-refractivity contribution is -0.318. The fourth-order valence-electron chi connectivity index (χ4n) is 8.38. The Bertz CT molecular complexity index is 1350. The second-order valence-electron chi connectivity index (χ2n) is 16.5. The third kappa shape index (κ3) is 10.0. The van der Waals surface area contributed by atoms with Crippen molar-refractivity contribution in [1.82, 2.24) is 9.80 Å². The molecule has 3 fully saturated rings. The number of aliphatic hydroxyl groups excluding tert-OH is 3. The summed E-state index contributed by atoms with van der Waals surface area (Å²) >= 11 is 0. The molecule has 14 nitrogen and oxygen atoms in total. The van der Waals surface area contributed by atoms with E-state index in [1.807, 2.05) is 0 Å². The lowest BCUT2D eigenvalue weighted by Crippen LogP contribution is -2.60. The minimum atomic E-state index is -2.76. The molecule has 3 saturated heterocycles. The maximum atomic E-state index is 14.3. The van der Waals surface area contributed by atoms with Crippen molar-refractivity contribution in [1.29, 1.82) is 0 Å². The molecule has 52 heavy (non-hydrogen) atoms. The summed E-state index contributed by atoms with van der Waals surface area (Å²) in [6.45, 7) is 10.3. The highest BCUT2D eigenvalue weighted by molar-refractivity contribution is 5.73. The van der Waals surface area contributed by atoms with Crippen LogP contribution in [-0.4, -0.2) is 166 Å². The number of carbonyl (C=O) groups is 1. The predicted molar refractivity (Wildman–Crippen MR) is 194 cm³/mol. The minimum absolute atomic E-state index is 0.0192. The van der Waals surface area contributed by atoms with Gasteiger partial charge in [0.1, 0.15) is 30.0 Å². The zero-order valence-corrected chi connectivity index (χ0v) is 33.2. The Balaban J connectivity index is 2.25. The molecule has 3 aliphatic rings. The van der Waals surface area contributed by atoms with E-state index in [9.17, 15) is 30.3 Å². The van der Waals surface area contributed by atoms with E-state index in [0.29, 0.717) is 0 Å². The number of aliphatic hydroxyl groups is 5. The van der Waals surface area contributed by atoms with Crippen molar-refractivity contribution in [2.45, 2.75) is 185 Å². The largest absolute Gasteiger partial charge is 0.459 e. The van der Waals surface area contributed by atoms with Gasteiger partial charge >= 0.3 is 5.97 Å². The molecule has 1 unspecified atom stereocenters. The van der Waals surface area contributed by atoms with Gasteiger partial charge in [0.05, 0.1) is 41.5 Å². The van der Waals surface area contributed by atoms with E-state index in [1.165, 1.54) is 41.9 Å². The number of esters is 1. The van der Waals surface area contributed by atoms with E-state index in [4.69, 9.17) is 36.6 Å². The van der Waals surface area contributed by atoms with Crippen LogP contribution < -0.4 is 0 Å². The number of ether oxygens (including phenoxy) is 6. The summed E-state index contributed by atoms with van der Waals surface area (Å²) < 4.78 is 86.2. The quantitative estimate of drug-likeness (QED) is 0.238. The van der Waals surface area contributed by atoms with Crippen molar-refractivity contribution in [2.75, 3.05) is 34.7 Å². The van der Waals surface area contributed by atoms with Gasteiger partial charge in [-0.05, 0) is 94.6 Å². The van der Waals surface area contributed by atoms with Crippen LogP contribution in [-0.2, 0) is 33.2 Å². The van der Waals surface area contributed by atoms with E-state index in [-0.39, 0.29) is 32.2 Å². The summed E-state index contributed by atoms with van der Waals surface area (Å²) in [5, 5.41) is 58.6. The molecule has 0 aromatic rings. The van der Waals surface area contributed by atoms with Crippen LogP contribution in [0.25, 0.3) is 0 Å². The van der Waals surface area contributed by atoms with Crippen LogP contribution in [0.3, 0.4) is 0 Å². The average Bonchev–Trinajstić information content (AvgIpc) is 3.10. The molecule has 0 radical (unpaired) electrons. The first-order valence-corrected chi connectivity index (χ1v) is 18.7. The van der Waals surface area contributed by atoms with Gasteiger partial charge in [-0.25, -0.2) is 0 Å². The topological polar surface area (TPSA) is 180 Å².